The van der Waals surface area contributed by atoms with E-state index in [2.05, 4.69) is 16.0 Å². The van der Waals surface area contributed by atoms with Crippen LogP contribution in [0, 0.1) is 0 Å². The lowest BCUT2D eigenvalue weighted by molar-refractivity contribution is -0.352. The van der Waals surface area contributed by atoms with E-state index in [1.165, 1.54) is 6.92 Å². The van der Waals surface area contributed by atoms with Crippen molar-refractivity contribution < 1.29 is 93.6 Å². The van der Waals surface area contributed by atoms with Gasteiger partial charge in [-0.15, -0.1) is 0 Å². The third-order valence-electron chi connectivity index (χ3n) is 8.30. The summed E-state index contributed by atoms with van der Waals surface area (Å²) in [6, 6.07) is -4.51. The van der Waals surface area contributed by atoms with Gasteiger partial charge in [0.1, 0.15) is 73.1 Å². The minimum Gasteiger partial charge on any atom is -0.480 e. The Morgan fingerprint density at radius 2 is 1.18 bits per heavy atom. The van der Waals surface area contributed by atoms with E-state index in [1.807, 2.05) is 0 Å². The summed E-state index contributed by atoms with van der Waals surface area (Å²) >= 11 is 0. The summed E-state index contributed by atoms with van der Waals surface area (Å²) in [5, 5.41) is 99.8. The first-order chi connectivity index (χ1) is 23.4. The summed E-state index contributed by atoms with van der Waals surface area (Å²) in [4.78, 5) is 47.3. The first-order valence-corrected chi connectivity index (χ1v) is 15.6. The number of rotatable bonds is 14. The quantitative estimate of drug-likeness (QED) is 0.0790. The molecule has 22 nitrogen and oxygen atoms in total. The van der Waals surface area contributed by atoms with Crippen molar-refractivity contribution in [3.05, 3.63) is 0 Å². The van der Waals surface area contributed by atoms with Crippen LogP contribution >= 0.6 is 0 Å². The number of aliphatic hydroxyl groups is 8. The van der Waals surface area contributed by atoms with Gasteiger partial charge in [-0.25, -0.2) is 4.79 Å². The molecule has 17 atom stereocenters. The Labute approximate surface area is 285 Å². The number of aliphatic carboxylic acids is 1. The average Bonchev–Trinajstić information content (AvgIpc) is 3.04. The summed E-state index contributed by atoms with van der Waals surface area (Å²) in [5.74, 6) is -3.53. The van der Waals surface area contributed by atoms with Crippen molar-refractivity contribution in [1.29, 1.82) is 0 Å². The number of hydrogen-bond donors (Lipinski definition) is 12. The molecule has 3 aliphatic heterocycles. The topological polar surface area (TPSA) is 342 Å². The molecule has 0 saturated carbocycles. The Bertz CT molecular complexity index is 1170. The van der Waals surface area contributed by atoms with E-state index >= 15 is 0 Å². The van der Waals surface area contributed by atoms with Gasteiger partial charge in [0.25, 0.3) is 0 Å². The number of nitrogens with one attached hydrogen (secondary N) is 3. The highest BCUT2D eigenvalue weighted by atomic mass is 16.7. The van der Waals surface area contributed by atoms with Crippen molar-refractivity contribution in [3.8, 4) is 0 Å². The molecule has 288 valence electrons. The van der Waals surface area contributed by atoms with Gasteiger partial charge in [0, 0.05) is 20.8 Å². The van der Waals surface area contributed by atoms with Gasteiger partial charge >= 0.3 is 5.97 Å². The fraction of sp³-hybridized carbons (Fsp3) is 0.857. The van der Waals surface area contributed by atoms with Crippen molar-refractivity contribution >= 4 is 23.7 Å². The zero-order valence-corrected chi connectivity index (χ0v) is 27.5. The van der Waals surface area contributed by atoms with Gasteiger partial charge in [0.15, 0.2) is 24.9 Å². The SMILES string of the molecule is CC(=O)N[C@H]1[C@H](OC[C@H]2O[C@H](O[C@H](C)[C@H](NC(C)=O)C(=O)O)[C@H](NC(C)=O)[C@@H](O)[C@H]2O)O[C@H](CO)[C@@H](O[C@@H]2O[C@H](CO)[C@H](O)[C@H](O)[C@H]2O)[C@@H]1O. The maximum atomic E-state index is 12.1. The highest BCUT2D eigenvalue weighted by molar-refractivity contribution is 5.82. The number of carboxylic acid groups (broad SMARTS) is 1. The van der Waals surface area contributed by atoms with Crippen LogP contribution < -0.4 is 16.0 Å². The molecule has 3 heterocycles. The molecule has 3 saturated heterocycles. The minimum atomic E-state index is -1.88. The number of ether oxygens (including phenoxy) is 6. The Morgan fingerprint density at radius 1 is 0.660 bits per heavy atom. The van der Waals surface area contributed by atoms with Crippen LogP contribution in [0.15, 0.2) is 0 Å². The van der Waals surface area contributed by atoms with Gasteiger partial charge in [-0.3, -0.25) is 14.4 Å². The molecule has 0 bridgehead atoms. The van der Waals surface area contributed by atoms with Crippen molar-refractivity contribution in [2.45, 2.75) is 132 Å². The van der Waals surface area contributed by atoms with Gasteiger partial charge < -0.3 is 90.3 Å². The maximum Gasteiger partial charge on any atom is 0.328 e. The maximum absolute atomic E-state index is 12.1. The van der Waals surface area contributed by atoms with Crippen molar-refractivity contribution in [2.75, 3.05) is 19.8 Å². The van der Waals surface area contributed by atoms with E-state index in [0.717, 1.165) is 20.8 Å². The second kappa shape index (κ2) is 18.2. The van der Waals surface area contributed by atoms with Crippen LogP contribution in [0.5, 0.6) is 0 Å². The number of carboxylic acids is 1. The summed E-state index contributed by atoms with van der Waals surface area (Å²) in [6.07, 6.45) is -23.0. The lowest BCUT2D eigenvalue weighted by Gasteiger charge is -2.48. The fourth-order valence-electron chi connectivity index (χ4n) is 5.75. The van der Waals surface area contributed by atoms with Gasteiger partial charge in [-0.05, 0) is 6.92 Å². The smallest absolute Gasteiger partial charge is 0.328 e. The lowest BCUT2D eigenvalue weighted by Crippen LogP contribution is -2.68. The molecular formula is C28H47N3O19. The number of amides is 3. The summed E-state index contributed by atoms with van der Waals surface area (Å²) in [7, 11) is 0. The molecule has 3 rings (SSSR count). The van der Waals surface area contributed by atoms with E-state index < -0.39 is 148 Å². The Morgan fingerprint density at radius 3 is 1.70 bits per heavy atom. The third kappa shape index (κ3) is 10.0. The van der Waals surface area contributed by atoms with Crippen LogP contribution in [0.4, 0.5) is 0 Å². The molecule has 3 amide bonds. The van der Waals surface area contributed by atoms with Gasteiger partial charge in [0.2, 0.25) is 17.7 Å². The van der Waals surface area contributed by atoms with E-state index in [-0.39, 0.29) is 0 Å². The average molecular weight is 730 g/mol. The van der Waals surface area contributed by atoms with E-state index in [4.69, 9.17) is 28.4 Å². The van der Waals surface area contributed by atoms with Gasteiger partial charge in [-0.1, -0.05) is 0 Å². The standard InChI is InChI=1S/C28H47N3O19/c1-8(15(25(43)44)29-9(2)34)46-27-16(30-10(3)35)20(39)19(38)14(49-27)7-45-26-17(31-11(4)36)21(40)24(13(6-33)48-26)50-28-23(42)22(41)18(37)12(5-32)47-28/h8,12-24,26-28,32-33,37-42H,5-7H2,1-4H3,(H,29,34)(H,30,35)(H,31,36)(H,43,44)/t8-,12-,13-,14-,15+,16-,17-,18+,19+,20-,21-,22+,23-,24-,26-,27+,28+/m1/s1. The van der Waals surface area contributed by atoms with Crippen molar-refractivity contribution in [3.63, 3.8) is 0 Å². The first-order valence-electron chi connectivity index (χ1n) is 15.6. The van der Waals surface area contributed by atoms with Crippen molar-refractivity contribution in [1.82, 2.24) is 16.0 Å². The lowest BCUT2D eigenvalue weighted by atomic mass is 9.95. The summed E-state index contributed by atoms with van der Waals surface area (Å²) in [5.41, 5.74) is 0. The monoisotopic (exact) mass is 729 g/mol. The largest absolute Gasteiger partial charge is 0.480 e. The molecule has 0 aliphatic carbocycles. The number of aliphatic hydroxyl groups excluding tert-OH is 8. The summed E-state index contributed by atoms with van der Waals surface area (Å²) in [6.45, 7) is 2.26. The Balaban J connectivity index is 1.80. The van der Waals surface area contributed by atoms with Crippen LogP contribution in [0.3, 0.4) is 0 Å². The fourth-order valence-corrected chi connectivity index (χ4v) is 5.75. The number of carbonyl (C=O) groups is 4. The molecule has 0 aromatic carbocycles. The molecule has 12 N–H and O–H groups in total. The third-order valence-corrected chi connectivity index (χ3v) is 8.30. The second-order valence-corrected chi connectivity index (χ2v) is 12.2. The number of carbonyl (C=O) groups excluding carboxylic acids is 3. The van der Waals surface area contributed by atoms with Crippen molar-refractivity contribution in [2.24, 2.45) is 0 Å². The molecule has 0 aromatic rings. The molecule has 0 radical (unpaired) electrons. The molecule has 0 spiro atoms. The molecule has 3 aliphatic rings. The van der Waals surface area contributed by atoms with Crippen LogP contribution in [-0.2, 0) is 47.6 Å². The highest BCUT2D eigenvalue weighted by Crippen LogP contribution is 2.31. The minimum absolute atomic E-state index is 0.669. The molecule has 0 aromatic heterocycles. The molecular weight excluding hydrogens is 682 g/mol. The van der Waals surface area contributed by atoms with Crippen LogP contribution in [0.1, 0.15) is 27.7 Å². The molecule has 22 heteroatoms. The van der Waals surface area contributed by atoms with E-state index in [0.29, 0.717) is 0 Å². The molecule has 0 unspecified atom stereocenters. The predicted octanol–water partition coefficient (Wildman–Crippen LogP) is -7.28. The Kier molecular flexibility index (Phi) is 15.2. The summed E-state index contributed by atoms with van der Waals surface area (Å²) < 4.78 is 34.0. The van der Waals surface area contributed by atoms with E-state index in [1.54, 1.807) is 0 Å². The van der Waals surface area contributed by atoms with Gasteiger partial charge in [0.05, 0.1) is 25.9 Å². The highest BCUT2D eigenvalue weighted by Gasteiger charge is 2.52. The zero-order chi connectivity index (χ0) is 37.6. The van der Waals surface area contributed by atoms with Crippen LogP contribution in [-0.4, -0.2) is 194 Å². The Hall–Kier alpha value is -2.68. The first kappa shape index (κ1) is 41.7. The molecule has 50 heavy (non-hydrogen) atoms. The molecule has 3 fully saturated rings. The predicted molar refractivity (Wildman–Crippen MR) is 158 cm³/mol. The van der Waals surface area contributed by atoms with Crippen LogP contribution in [0.25, 0.3) is 0 Å². The van der Waals surface area contributed by atoms with Gasteiger partial charge in [-0.2, -0.15) is 0 Å². The zero-order valence-electron chi connectivity index (χ0n) is 27.5. The van der Waals surface area contributed by atoms with Crippen LogP contribution in [0.2, 0.25) is 0 Å². The number of hydrogen-bond acceptors (Lipinski definition) is 18. The normalized spacial score (nSPS) is 40.3. The van der Waals surface area contributed by atoms with E-state index in [9.17, 15) is 65.1 Å². The second-order valence-electron chi connectivity index (χ2n) is 12.2.